The molecule has 1 fully saturated rings. The van der Waals surface area contributed by atoms with Gasteiger partial charge in [-0.1, -0.05) is 12.1 Å². The number of ketones is 1. The molecule has 1 saturated carbocycles. The number of hydrogen-bond acceptors (Lipinski definition) is 7. The zero-order valence-corrected chi connectivity index (χ0v) is 22.1. The number of nitrogens with zero attached hydrogens (tertiary/aromatic N) is 1. The minimum atomic E-state index is -1.68. The van der Waals surface area contributed by atoms with Crippen molar-refractivity contribution in [2.24, 2.45) is 11.8 Å². The van der Waals surface area contributed by atoms with Crippen molar-refractivity contribution in [3.63, 3.8) is 0 Å². The van der Waals surface area contributed by atoms with Gasteiger partial charge in [-0.05, 0) is 80.0 Å². The minimum Gasteiger partial charge on any atom is -0.460 e. The van der Waals surface area contributed by atoms with Crippen molar-refractivity contribution in [3.8, 4) is 0 Å². The van der Waals surface area contributed by atoms with E-state index in [-0.39, 0.29) is 6.42 Å². The number of ether oxygens (including phenoxy) is 2. The fourth-order valence-electron chi connectivity index (χ4n) is 4.64. The summed E-state index contributed by atoms with van der Waals surface area (Å²) in [6.07, 6.45) is -0.338. The average molecular weight is 476 g/mol. The molecular formula is C27H41NO6. The van der Waals surface area contributed by atoms with Gasteiger partial charge >= 0.3 is 11.9 Å². The van der Waals surface area contributed by atoms with Gasteiger partial charge in [0.1, 0.15) is 17.1 Å². The molecule has 1 aliphatic rings. The van der Waals surface area contributed by atoms with Crippen LogP contribution in [0.4, 0.5) is 5.69 Å². The molecule has 0 aromatic heterocycles. The molecule has 0 amide bonds. The lowest BCUT2D eigenvalue weighted by Gasteiger charge is -2.44. The largest absolute Gasteiger partial charge is 0.460 e. The molecule has 7 nitrogen and oxygen atoms in total. The van der Waals surface area contributed by atoms with Crippen molar-refractivity contribution in [2.45, 2.75) is 91.5 Å². The van der Waals surface area contributed by atoms with Crippen LogP contribution in [0.1, 0.15) is 80.2 Å². The van der Waals surface area contributed by atoms with Crippen LogP contribution in [-0.4, -0.2) is 52.7 Å². The summed E-state index contributed by atoms with van der Waals surface area (Å²) in [5.74, 6) is -5.06. The van der Waals surface area contributed by atoms with Crippen LogP contribution in [0.25, 0.3) is 0 Å². The van der Waals surface area contributed by atoms with Crippen LogP contribution in [-0.2, 0) is 23.9 Å². The first-order valence-electron chi connectivity index (χ1n) is 12.1. The van der Waals surface area contributed by atoms with E-state index in [0.717, 1.165) is 18.8 Å². The number of carbonyl (C=O) groups excluding carboxylic acids is 3. The third-order valence-electron chi connectivity index (χ3n) is 6.00. The number of aliphatic hydroxyl groups is 1. The molecule has 1 aliphatic carbocycles. The van der Waals surface area contributed by atoms with E-state index < -0.39 is 52.3 Å². The quantitative estimate of drug-likeness (QED) is 0.485. The molecule has 190 valence electrons. The van der Waals surface area contributed by atoms with E-state index >= 15 is 0 Å². The SMILES string of the molecule is CCN(CC)c1ccc([C@H]2[C@@H](C(=O)OC(C)(C)C)C(=O)C[C@@](C)(O)[C@@H]2C(=O)OC(C)(C)C)cc1. The molecule has 0 bridgehead atoms. The Morgan fingerprint density at radius 1 is 0.971 bits per heavy atom. The Hall–Kier alpha value is -2.41. The molecule has 1 N–H and O–H groups in total. The Kier molecular flexibility index (Phi) is 8.24. The lowest BCUT2D eigenvalue weighted by Crippen LogP contribution is -2.56. The van der Waals surface area contributed by atoms with Crippen molar-refractivity contribution in [1.82, 2.24) is 0 Å². The monoisotopic (exact) mass is 475 g/mol. The molecule has 34 heavy (non-hydrogen) atoms. The van der Waals surface area contributed by atoms with Crippen molar-refractivity contribution < 1.29 is 29.0 Å². The topological polar surface area (TPSA) is 93.1 Å². The number of rotatable bonds is 6. The van der Waals surface area contributed by atoms with E-state index in [1.54, 1.807) is 41.5 Å². The van der Waals surface area contributed by atoms with Gasteiger partial charge in [0.15, 0.2) is 5.78 Å². The second-order valence-corrected chi connectivity index (χ2v) is 11.3. The van der Waals surface area contributed by atoms with Crippen LogP contribution in [0.5, 0.6) is 0 Å². The van der Waals surface area contributed by atoms with Gasteiger partial charge in [-0.2, -0.15) is 0 Å². The number of hydrogen-bond donors (Lipinski definition) is 1. The van der Waals surface area contributed by atoms with E-state index in [0.29, 0.717) is 5.56 Å². The maximum Gasteiger partial charge on any atom is 0.317 e. The van der Waals surface area contributed by atoms with Crippen molar-refractivity contribution in [3.05, 3.63) is 29.8 Å². The minimum absolute atomic E-state index is 0.338. The molecular weight excluding hydrogens is 434 g/mol. The normalized spacial score (nSPS) is 25.6. The molecule has 1 aromatic rings. The molecule has 4 atom stereocenters. The molecule has 0 unspecified atom stereocenters. The summed E-state index contributed by atoms with van der Waals surface area (Å²) < 4.78 is 11.2. The molecule has 1 aromatic carbocycles. The number of benzene rings is 1. The van der Waals surface area contributed by atoms with Gasteiger partial charge < -0.3 is 19.5 Å². The fraction of sp³-hybridized carbons (Fsp3) is 0.667. The van der Waals surface area contributed by atoms with E-state index in [1.165, 1.54) is 6.92 Å². The number of esters is 2. The Morgan fingerprint density at radius 2 is 1.44 bits per heavy atom. The van der Waals surface area contributed by atoms with Crippen molar-refractivity contribution >= 4 is 23.4 Å². The van der Waals surface area contributed by atoms with Crippen LogP contribution in [0, 0.1) is 11.8 Å². The molecule has 0 heterocycles. The van der Waals surface area contributed by atoms with Gasteiger partial charge in [0.05, 0.1) is 11.5 Å². The van der Waals surface area contributed by atoms with Gasteiger partial charge in [-0.15, -0.1) is 0 Å². The van der Waals surface area contributed by atoms with Gasteiger partial charge in [0, 0.05) is 31.1 Å². The molecule has 0 saturated heterocycles. The maximum atomic E-state index is 13.4. The highest BCUT2D eigenvalue weighted by molar-refractivity contribution is 6.03. The van der Waals surface area contributed by atoms with Gasteiger partial charge in [0.25, 0.3) is 0 Å². The van der Waals surface area contributed by atoms with E-state index in [4.69, 9.17) is 9.47 Å². The Balaban J connectivity index is 2.64. The van der Waals surface area contributed by atoms with Crippen LogP contribution in [0.15, 0.2) is 24.3 Å². The van der Waals surface area contributed by atoms with E-state index in [9.17, 15) is 19.5 Å². The second kappa shape index (κ2) is 10.1. The van der Waals surface area contributed by atoms with Gasteiger partial charge in [-0.25, -0.2) is 0 Å². The second-order valence-electron chi connectivity index (χ2n) is 11.3. The van der Waals surface area contributed by atoms with Crippen LogP contribution >= 0.6 is 0 Å². The lowest BCUT2D eigenvalue weighted by atomic mass is 9.61. The van der Waals surface area contributed by atoms with Crippen molar-refractivity contribution in [1.29, 1.82) is 0 Å². The molecule has 0 spiro atoms. The predicted octanol–water partition coefficient (Wildman–Crippen LogP) is 4.26. The maximum absolute atomic E-state index is 13.4. The predicted molar refractivity (Wildman–Crippen MR) is 132 cm³/mol. The highest BCUT2D eigenvalue weighted by atomic mass is 16.6. The third kappa shape index (κ3) is 6.59. The summed E-state index contributed by atoms with van der Waals surface area (Å²) in [6.45, 7) is 17.7. The van der Waals surface area contributed by atoms with Crippen LogP contribution in [0.2, 0.25) is 0 Å². The smallest absolute Gasteiger partial charge is 0.317 e. The summed E-state index contributed by atoms with van der Waals surface area (Å²) in [5.41, 5.74) is -1.69. The van der Waals surface area contributed by atoms with Gasteiger partial charge in [-0.3, -0.25) is 14.4 Å². The first-order chi connectivity index (χ1) is 15.5. The third-order valence-corrected chi connectivity index (χ3v) is 6.00. The molecule has 0 radical (unpaired) electrons. The van der Waals surface area contributed by atoms with Crippen molar-refractivity contribution in [2.75, 3.05) is 18.0 Å². The molecule has 7 heteroatoms. The first-order valence-corrected chi connectivity index (χ1v) is 12.1. The Labute approximate surface area is 203 Å². The summed E-state index contributed by atoms with van der Waals surface area (Å²) in [7, 11) is 0. The Morgan fingerprint density at radius 3 is 1.88 bits per heavy atom. The summed E-state index contributed by atoms with van der Waals surface area (Å²) in [6, 6.07) is 7.46. The zero-order chi connectivity index (χ0) is 26.1. The van der Waals surface area contributed by atoms with E-state index in [2.05, 4.69) is 18.7 Å². The van der Waals surface area contributed by atoms with Crippen LogP contribution in [0.3, 0.4) is 0 Å². The van der Waals surface area contributed by atoms with Gasteiger partial charge in [0.2, 0.25) is 0 Å². The first kappa shape index (κ1) is 27.8. The fourth-order valence-corrected chi connectivity index (χ4v) is 4.64. The summed E-state index contributed by atoms with van der Waals surface area (Å²) >= 11 is 0. The summed E-state index contributed by atoms with van der Waals surface area (Å²) in [5, 5.41) is 11.3. The highest BCUT2D eigenvalue weighted by Crippen LogP contribution is 2.47. The number of Topliss-reactive ketones (excluding diaryl/α,β-unsaturated/α-hetero) is 1. The lowest BCUT2D eigenvalue weighted by molar-refractivity contribution is -0.182. The molecule has 2 rings (SSSR count). The standard InChI is InChI=1S/C27H41NO6/c1-10-28(11-2)18-14-12-17(13-15-18)20-21(23(30)33-25(3,4)5)19(29)16-27(9,32)22(20)24(31)34-26(6,7)8/h12-15,20-22,32H,10-11,16H2,1-9H3/t20-,21-,22-,27+/m0/s1. The number of anilines is 1. The van der Waals surface area contributed by atoms with Crippen LogP contribution < -0.4 is 4.90 Å². The summed E-state index contributed by atoms with van der Waals surface area (Å²) in [4.78, 5) is 42.0. The number of carbonyl (C=O) groups is 3. The average Bonchev–Trinajstić information content (AvgIpc) is 2.65. The zero-order valence-electron chi connectivity index (χ0n) is 22.1. The van der Waals surface area contributed by atoms with E-state index in [1.807, 2.05) is 24.3 Å². The highest BCUT2D eigenvalue weighted by Gasteiger charge is 2.57. The Bertz CT molecular complexity index is 887. The molecule has 0 aliphatic heterocycles.